The van der Waals surface area contributed by atoms with E-state index in [2.05, 4.69) is 50.0 Å². The predicted octanol–water partition coefficient (Wildman–Crippen LogP) is 2.31. The molecule has 2 heterocycles. The molecule has 1 aromatic carbocycles. The van der Waals surface area contributed by atoms with Gasteiger partial charge in [-0.2, -0.15) is 0 Å². The molecule has 1 aliphatic heterocycles. The molecule has 1 aromatic heterocycles. The van der Waals surface area contributed by atoms with Gasteiger partial charge in [-0.25, -0.2) is 0 Å². The van der Waals surface area contributed by atoms with Gasteiger partial charge >= 0.3 is 13.1 Å². The standard InChI is InChI=1S/C17H24BN3O3/c1-12-19-20-15(22-12)21(6)11-13-7-9-14(10-8-13)18-23-16(2,3)17(4,5)24-18/h7-10H,11H2,1-6H3. The summed E-state index contributed by atoms with van der Waals surface area (Å²) in [6, 6.07) is 8.75. The van der Waals surface area contributed by atoms with Crippen molar-refractivity contribution >= 4 is 18.6 Å². The molecule has 0 atom stereocenters. The van der Waals surface area contributed by atoms with Crippen molar-refractivity contribution in [2.45, 2.75) is 52.4 Å². The molecule has 0 N–H and O–H groups in total. The van der Waals surface area contributed by atoms with Gasteiger partial charge in [-0.15, -0.1) is 5.10 Å². The van der Waals surface area contributed by atoms with Crippen molar-refractivity contribution in [2.24, 2.45) is 0 Å². The van der Waals surface area contributed by atoms with Crippen molar-refractivity contribution in [3.63, 3.8) is 0 Å². The number of hydrogen-bond donors (Lipinski definition) is 0. The van der Waals surface area contributed by atoms with E-state index in [4.69, 9.17) is 13.7 Å². The third-order valence-corrected chi connectivity index (χ3v) is 4.77. The van der Waals surface area contributed by atoms with Gasteiger partial charge in [0, 0.05) is 20.5 Å². The second-order valence-corrected chi connectivity index (χ2v) is 7.29. The molecule has 7 heteroatoms. The van der Waals surface area contributed by atoms with Crippen LogP contribution in [0.25, 0.3) is 0 Å². The van der Waals surface area contributed by atoms with E-state index in [-0.39, 0.29) is 18.3 Å². The second-order valence-electron chi connectivity index (χ2n) is 7.29. The molecule has 128 valence electrons. The van der Waals surface area contributed by atoms with Crippen LogP contribution in [0.2, 0.25) is 0 Å². The minimum absolute atomic E-state index is 0.327. The number of rotatable bonds is 4. The van der Waals surface area contributed by atoms with Crippen LogP contribution in [-0.2, 0) is 15.9 Å². The third kappa shape index (κ3) is 3.19. The molecular weight excluding hydrogens is 305 g/mol. The van der Waals surface area contributed by atoms with Crippen LogP contribution < -0.4 is 10.4 Å². The van der Waals surface area contributed by atoms with E-state index in [1.807, 2.05) is 24.1 Å². The molecule has 3 rings (SSSR count). The molecule has 24 heavy (non-hydrogen) atoms. The zero-order valence-electron chi connectivity index (χ0n) is 15.2. The summed E-state index contributed by atoms with van der Waals surface area (Å²) in [6.07, 6.45) is 0. The Labute approximate surface area is 143 Å². The van der Waals surface area contributed by atoms with Crippen molar-refractivity contribution in [2.75, 3.05) is 11.9 Å². The lowest BCUT2D eigenvalue weighted by atomic mass is 9.79. The van der Waals surface area contributed by atoms with Crippen LogP contribution in [0.1, 0.15) is 39.1 Å². The lowest BCUT2D eigenvalue weighted by Crippen LogP contribution is -2.41. The largest absolute Gasteiger partial charge is 0.494 e. The second kappa shape index (κ2) is 5.90. The molecule has 0 unspecified atom stereocenters. The highest BCUT2D eigenvalue weighted by molar-refractivity contribution is 6.62. The lowest BCUT2D eigenvalue weighted by Gasteiger charge is -2.32. The first-order valence-electron chi connectivity index (χ1n) is 8.14. The van der Waals surface area contributed by atoms with E-state index >= 15 is 0 Å². The van der Waals surface area contributed by atoms with Gasteiger partial charge in [0.15, 0.2) is 0 Å². The minimum atomic E-state index is -0.333. The fourth-order valence-electron chi connectivity index (χ4n) is 2.54. The predicted molar refractivity (Wildman–Crippen MR) is 93.3 cm³/mol. The Balaban J connectivity index is 1.68. The smallest absolute Gasteiger partial charge is 0.408 e. The molecule has 1 fully saturated rings. The maximum atomic E-state index is 6.08. The fraction of sp³-hybridized carbons (Fsp3) is 0.529. The summed E-state index contributed by atoms with van der Waals surface area (Å²) in [5.41, 5.74) is 1.51. The topological polar surface area (TPSA) is 60.6 Å². The number of aromatic nitrogens is 2. The van der Waals surface area contributed by atoms with Gasteiger partial charge < -0.3 is 18.6 Å². The summed E-state index contributed by atoms with van der Waals surface area (Å²) < 4.78 is 17.6. The maximum Gasteiger partial charge on any atom is 0.494 e. The number of hydrogen-bond acceptors (Lipinski definition) is 6. The molecule has 0 bridgehead atoms. The Bertz CT molecular complexity index is 696. The SMILES string of the molecule is Cc1nnc(N(C)Cc2ccc(B3OC(C)(C)C(C)(C)O3)cc2)o1. The first-order chi connectivity index (χ1) is 11.2. The maximum absolute atomic E-state index is 6.08. The molecule has 0 amide bonds. The highest BCUT2D eigenvalue weighted by Gasteiger charge is 2.51. The molecular formula is C17H24BN3O3. The van der Waals surface area contributed by atoms with E-state index in [1.54, 1.807) is 6.92 Å². The zero-order valence-corrected chi connectivity index (χ0v) is 15.2. The Hall–Kier alpha value is -1.86. The molecule has 1 saturated heterocycles. The van der Waals surface area contributed by atoms with Gasteiger partial charge in [0.05, 0.1) is 11.2 Å². The molecule has 1 aliphatic rings. The fourth-order valence-corrected chi connectivity index (χ4v) is 2.54. The van der Waals surface area contributed by atoms with E-state index in [0.717, 1.165) is 11.0 Å². The summed E-state index contributed by atoms with van der Waals surface area (Å²) in [5, 5.41) is 7.88. The first-order valence-corrected chi connectivity index (χ1v) is 8.14. The quantitative estimate of drug-likeness (QED) is 0.802. The van der Waals surface area contributed by atoms with Crippen LogP contribution >= 0.6 is 0 Å². The summed E-state index contributed by atoms with van der Waals surface area (Å²) in [7, 11) is 1.59. The first kappa shape index (κ1) is 17.0. The van der Waals surface area contributed by atoms with E-state index in [1.165, 1.54) is 0 Å². The number of anilines is 1. The highest BCUT2D eigenvalue weighted by atomic mass is 16.7. The summed E-state index contributed by atoms with van der Waals surface area (Å²) in [4.78, 5) is 1.92. The van der Waals surface area contributed by atoms with Crippen molar-refractivity contribution < 1.29 is 13.7 Å². The Morgan fingerprint density at radius 1 is 1.00 bits per heavy atom. The van der Waals surface area contributed by atoms with E-state index < -0.39 is 0 Å². The summed E-state index contributed by atoms with van der Waals surface area (Å²) in [5.74, 6) is 0.563. The molecule has 6 nitrogen and oxygen atoms in total. The van der Waals surface area contributed by atoms with Crippen molar-refractivity contribution in [3.05, 3.63) is 35.7 Å². The van der Waals surface area contributed by atoms with Gasteiger partial charge in [0.25, 0.3) is 0 Å². The molecule has 0 radical (unpaired) electrons. The van der Waals surface area contributed by atoms with Crippen LogP contribution in [-0.4, -0.2) is 35.6 Å². The summed E-state index contributed by atoms with van der Waals surface area (Å²) in [6.45, 7) is 10.7. The highest BCUT2D eigenvalue weighted by Crippen LogP contribution is 2.36. The Morgan fingerprint density at radius 3 is 2.08 bits per heavy atom. The Morgan fingerprint density at radius 2 is 1.58 bits per heavy atom. The molecule has 0 saturated carbocycles. The minimum Gasteiger partial charge on any atom is -0.408 e. The zero-order chi connectivity index (χ0) is 17.5. The molecule has 0 spiro atoms. The van der Waals surface area contributed by atoms with Crippen LogP contribution in [0.3, 0.4) is 0 Å². The normalized spacial score (nSPS) is 18.8. The van der Waals surface area contributed by atoms with Gasteiger partial charge in [0.2, 0.25) is 5.89 Å². The number of nitrogens with zero attached hydrogens (tertiary/aromatic N) is 3. The molecule has 2 aromatic rings. The van der Waals surface area contributed by atoms with Crippen LogP contribution in [0, 0.1) is 6.92 Å². The van der Waals surface area contributed by atoms with Gasteiger partial charge in [-0.1, -0.05) is 29.4 Å². The summed E-state index contributed by atoms with van der Waals surface area (Å²) >= 11 is 0. The van der Waals surface area contributed by atoms with Crippen LogP contribution in [0.15, 0.2) is 28.7 Å². The van der Waals surface area contributed by atoms with Gasteiger partial charge in [-0.05, 0) is 38.7 Å². The van der Waals surface area contributed by atoms with Crippen molar-refractivity contribution in [3.8, 4) is 0 Å². The Kier molecular flexibility index (Phi) is 4.17. The van der Waals surface area contributed by atoms with Crippen LogP contribution in [0.4, 0.5) is 6.01 Å². The molecule has 0 aliphatic carbocycles. The average molecular weight is 329 g/mol. The van der Waals surface area contributed by atoms with E-state index in [9.17, 15) is 0 Å². The average Bonchev–Trinajstić information content (AvgIpc) is 3.01. The van der Waals surface area contributed by atoms with Crippen LogP contribution in [0.5, 0.6) is 0 Å². The van der Waals surface area contributed by atoms with Crippen molar-refractivity contribution in [1.29, 1.82) is 0 Å². The lowest BCUT2D eigenvalue weighted by molar-refractivity contribution is 0.00578. The number of aryl methyl sites for hydroxylation is 1. The van der Waals surface area contributed by atoms with Gasteiger partial charge in [-0.3, -0.25) is 0 Å². The number of benzene rings is 1. The van der Waals surface area contributed by atoms with Gasteiger partial charge in [0.1, 0.15) is 0 Å². The van der Waals surface area contributed by atoms with Crippen molar-refractivity contribution in [1.82, 2.24) is 10.2 Å². The third-order valence-electron chi connectivity index (χ3n) is 4.77. The monoisotopic (exact) mass is 329 g/mol. The van der Waals surface area contributed by atoms with E-state index in [0.29, 0.717) is 18.5 Å².